The van der Waals surface area contributed by atoms with E-state index in [1.807, 2.05) is 11.8 Å². The van der Waals surface area contributed by atoms with Crippen LogP contribution in [0.3, 0.4) is 0 Å². The summed E-state index contributed by atoms with van der Waals surface area (Å²) < 4.78 is 0. The number of rotatable bonds is 1. The zero-order valence-corrected chi connectivity index (χ0v) is 10.1. The first-order valence-electron chi connectivity index (χ1n) is 6.02. The smallest absolute Gasteiger partial charge is 0.191 e. The third-order valence-corrected chi connectivity index (χ3v) is 4.23. The second kappa shape index (κ2) is 5.64. The highest BCUT2D eigenvalue weighted by Gasteiger charge is 2.16. The normalized spacial score (nSPS) is 25.6. The van der Waals surface area contributed by atoms with Gasteiger partial charge in [0.1, 0.15) is 0 Å². The molecule has 86 valence electrons. The van der Waals surface area contributed by atoms with Crippen LogP contribution < -0.4 is 5.73 Å². The van der Waals surface area contributed by atoms with Crippen LogP contribution in [0, 0.1) is 0 Å². The van der Waals surface area contributed by atoms with Gasteiger partial charge in [0.25, 0.3) is 0 Å². The highest BCUT2D eigenvalue weighted by atomic mass is 32.2. The molecule has 1 saturated carbocycles. The molecule has 0 atom stereocenters. The van der Waals surface area contributed by atoms with Gasteiger partial charge >= 0.3 is 0 Å². The van der Waals surface area contributed by atoms with E-state index in [-0.39, 0.29) is 0 Å². The van der Waals surface area contributed by atoms with Crippen molar-refractivity contribution in [3.05, 3.63) is 0 Å². The van der Waals surface area contributed by atoms with E-state index in [2.05, 4.69) is 9.89 Å². The molecule has 0 aromatic rings. The van der Waals surface area contributed by atoms with Gasteiger partial charge in [-0.05, 0) is 25.0 Å². The highest BCUT2D eigenvalue weighted by molar-refractivity contribution is 7.99. The summed E-state index contributed by atoms with van der Waals surface area (Å²) in [5.41, 5.74) is 6.06. The van der Waals surface area contributed by atoms with Gasteiger partial charge in [0.2, 0.25) is 0 Å². The monoisotopic (exact) mass is 227 g/mol. The van der Waals surface area contributed by atoms with Crippen molar-refractivity contribution in [2.24, 2.45) is 10.7 Å². The maximum absolute atomic E-state index is 6.06. The number of guanidine groups is 1. The van der Waals surface area contributed by atoms with Crippen molar-refractivity contribution in [3.8, 4) is 0 Å². The van der Waals surface area contributed by atoms with Crippen LogP contribution in [0.2, 0.25) is 0 Å². The highest BCUT2D eigenvalue weighted by Crippen LogP contribution is 2.21. The predicted octanol–water partition coefficient (Wildman–Crippen LogP) is 1.68. The molecule has 1 aliphatic carbocycles. The van der Waals surface area contributed by atoms with Gasteiger partial charge in [-0.2, -0.15) is 11.8 Å². The lowest BCUT2D eigenvalue weighted by molar-refractivity contribution is 0.440. The van der Waals surface area contributed by atoms with Crippen LogP contribution in [-0.4, -0.2) is 41.5 Å². The molecule has 0 spiro atoms. The molecule has 0 unspecified atom stereocenters. The van der Waals surface area contributed by atoms with E-state index in [4.69, 9.17) is 5.73 Å². The fourth-order valence-corrected chi connectivity index (χ4v) is 3.16. The van der Waals surface area contributed by atoms with Crippen LogP contribution in [0.25, 0.3) is 0 Å². The molecule has 1 aliphatic heterocycles. The van der Waals surface area contributed by atoms with Crippen LogP contribution in [0.15, 0.2) is 4.99 Å². The lowest BCUT2D eigenvalue weighted by Crippen LogP contribution is -2.39. The zero-order chi connectivity index (χ0) is 10.5. The standard InChI is InChI=1S/C11H21N3S/c12-11(13-10-4-1-2-5-10)14-6-3-8-15-9-7-14/h10H,1-9H2,(H2,12,13). The number of nitrogens with two attached hydrogens (primary N) is 1. The van der Waals surface area contributed by atoms with Crippen molar-refractivity contribution in [2.45, 2.75) is 38.1 Å². The van der Waals surface area contributed by atoms with Crippen LogP contribution in [0.4, 0.5) is 0 Å². The van der Waals surface area contributed by atoms with E-state index < -0.39 is 0 Å². The third-order valence-electron chi connectivity index (χ3n) is 3.19. The maximum atomic E-state index is 6.06. The summed E-state index contributed by atoms with van der Waals surface area (Å²) >= 11 is 2.03. The van der Waals surface area contributed by atoms with Gasteiger partial charge < -0.3 is 10.6 Å². The minimum Gasteiger partial charge on any atom is -0.370 e. The van der Waals surface area contributed by atoms with Crippen molar-refractivity contribution in [1.29, 1.82) is 0 Å². The first-order valence-corrected chi connectivity index (χ1v) is 7.18. The van der Waals surface area contributed by atoms with Gasteiger partial charge in [-0.15, -0.1) is 0 Å². The Kier molecular flexibility index (Phi) is 4.18. The average Bonchev–Trinajstić information content (AvgIpc) is 2.58. The molecule has 0 radical (unpaired) electrons. The Bertz CT molecular complexity index is 216. The first-order chi connectivity index (χ1) is 7.36. The van der Waals surface area contributed by atoms with Gasteiger partial charge in [0, 0.05) is 18.8 Å². The molecule has 0 aromatic carbocycles. The van der Waals surface area contributed by atoms with Crippen molar-refractivity contribution >= 4 is 17.7 Å². The summed E-state index contributed by atoms with van der Waals surface area (Å²) in [6, 6.07) is 0.515. The van der Waals surface area contributed by atoms with Crippen molar-refractivity contribution in [3.63, 3.8) is 0 Å². The molecule has 4 heteroatoms. The Labute approximate surface area is 96.5 Å². The SMILES string of the molecule is NC(=NC1CCCC1)N1CCCSCC1. The van der Waals surface area contributed by atoms with E-state index in [1.165, 1.54) is 43.6 Å². The average molecular weight is 227 g/mol. The maximum Gasteiger partial charge on any atom is 0.191 e. The topological polar surface area (TPSA) is 41.6 Å². The summed E-state index contributed by atoms with van der Waals surface area (Å²) in [6.45, 7) is 2.17. The predicted molar refractivity (Wildman–Crippen MR) is 67.4 cm³/mol. The number of hydrogen-bond donors (Lipinski definition) is 1. The summed E-state index contributed by atoms with van der Waals surface area (Å²) in [5, 5.41) is 0. The summed E-state index contributed by atoms with van der Waals surface area (Å²) in [4.78, 5) is 6.91. The molecular weight excluding hydrogens is 206 g/mol. The summed E-state index contributed by atoms with van der Waals surface area (Å²) in [5.74, 6) is 3.26. The van der Waals surface area contributed by atoms with Crippen LogP contribution in [0.5, 0.6) is 0 Å². The lowest BCUT2D eigenvalue weighted by Gasteiger charge is -2.21. The van der Waals surface area contributed by atoms with Gasteiger partial charge in [-0.3, -0.25) is 0 Å². The lowest BCUT2D eigenvalue weighted by atomic mass is 10.3. The fraction of sp³-hybridized carbons (Fsp3) is 0.909. The van der Waals surface area contributed by atoms with Gasteiger partial charge in [-0.1, -0.05) is 12.8 Å². The molecular formula is C11H21N3S. The zero-order valence-electron chi connectivity index (χ0n) is 9.32. The molecule has 1 saturated heterocycles. The molecule has 2 rings (SSSR count). The molecule has 0 amide bonds. The minimum atomic E-state index is 0.515. The number of aliphatic imine (C=N–C) groups is 1. The Hall–Kier alpha value is -0.380. The van der Waals surface area contributed by atoms with Gasteiger partial charge in [0.15, 0.2) is 5.96 Å². The molecule has 2 fully saturated rings. The van der Waals surface area contributed by atoms with E-state index in [1.54, 1.807) is 0 Å². The number of nitrogens with zero attached hydrogens (tertiary/aromatic N) is 2. The van der Waals surface area contributed by atoms with Gasteiger partial charge in [-0.25, -0.2) is 4.99 Å². The molecule has 2 aliphatic rings. The van der Waals surface area contributed by atoms with E-state index >= 15 is 0 Å². The quantitative estimate of drug-likeness (QED) is 0.547. The number of thioether (sulfide) groups is 1. The van der Waals surface area contributed by atoms with Crippen molar-refractivity contribution in [2.75, 3.05) is 24.6 Å². The second-order valence-corrected chi connectivity index (χ2v) is 5.60. The van der Waals surface area contributed by atoms with Crippen LogP contribution in [0.1, 0.15) is 32.1 Å². The molecule has 15 heavy (non-hydrogen) atoms. The second-order valence-electron chi connectivity index (χ2n) is 4.38. The number of hydrogen-bond acceptors (Lipinski definition) is 2. The van der Waals surface area contributed by atoms with Crippen molar-refractivity contribution < 1.29 is 0 Å². The third kappa shape index (κ3) is 3.30. The van der Waals surface area contributed by atoms with E-state index in [9.17, 15) is 0 Å². The Morgan fingerprint density at radius 1 is 1.13 bits per heavy atom. The Morgan fingerprint density at radius 2 is 1.93 bits per heavy atom. The Balaban J connectivity index is 1.89. The largest absolute Gasteiger partial charge is 0.370 e. The molecule has 0 bridgehead atoms. The molecule has 1 heterocycles. The van der Waals surface area contributed by atoms with Crippen LogP contribution >= 0.6 is 11.8 Å². The summed E-state index contributed by atoms with van der Waals surface area (Å²) in [6.07, 6.45) is 6.38. The van der Waals surface area contributed by atoms with Gasteiger partial charge in [0.05, 0.1) is 6.04 Å². The Morgan fingerprint density at radius 3 is 2.73 bits per heavy atom. The van der Waals surface area contributed by atoms with E-state index in [0.717, 1.165) is 19.0 Å². The van der Waals surface area contributed by atoms with Crippen molar-refractivity contribution in [1.82, 2.24) is 4.90 Å². The molecule has 3 nitrogen and oxygen atoms in total. The molecule has 0 aromatic heterocycles. The first kappa shape index (κ1) is 11.1. The van der Waals surface area contributed by atoms with Crippen LogP contribution in [-0.2, 0) is 0 Å². The van der Waals surface area contributed by atoms with E-state index in [0.29, 0.717) is 6.04 Å². The fourth-order valence-electron chi connectivity index (χ4n) is 2.28. The summed E-state index contributed by atoms with van der Waals surface area (Å²) in [7, 11) is 0. The minimum absolute atomic E-state index is 0.515. The molecule has 2 N–H and O–H groups in total.